The lowest BCUT2D eigenvalue weighted by molar-refractivity contribution is -0.123. The van der Waals surface area contributed by atoms with E-state index in [9.17, 15) is 18.0 Å². The van der Waals surface area contributed by atoms with Gasteiger partial charge in [-0.25, -0.2) is 12.7 Å². The number of amides is 2. The molecule has 3 saturated heterocycles. The van der Waals surface area contributed by atoms with Crippen LogP contribution in [-0.2, 0) is 21.2 Å². The molecule has 3 fully saturated rings. The molecule has 0 aliphatic carbocycles. The average Bonchev–Trinajstić information content (AvgIpc) is 3.56. The highest BCUT2D eigenvalue weighted by molar-refractivity contribution is 7.88. The zero-order valence-electron chi connectivity index (χ0n) is 25.6. The first-order chi connectivity index (χ1) is 21.1. The van der Waals surface area contributed by atoms with E-state index in [1.54, 1.807) is 12.1 Å². The van der Waals surface area contributed by atoms with E-state index < -0.39 is 10.0 Å². The van der Waals surface area contributed by atoms with E-state index in [-0.39, 0.29) is 17.7 Å². The number of sulfonamides is 1. The van der Waals surface area contributed by atoms with Crippen molar-refractivity contribution in [2.45, 2.75) is 51.4 Å². The maximum atomic E-state index is 13.7. The third-order valence-electron chi connectivity index (χ3n) is 9.43. The molecule has 2 aromatic rings. The van der Waals surface area contributed by atoms with Gasteiger partial charge in [-0.2, -0.15) is 0 Å². The lowest BCUT2D eigenvalue weighted by Crippen LogP contribution is -2.45. The number of anilines is 1. The molecule has 240 valence electrons. The summed E-state index contributed by atoms with van der Waals surface area (Å²) in [5, 5.41) is 0.849. The molecule has 2 aromatic carbocycles. The van der Waals surface area contributed by atoms with Gasteiger partial charge < -0.3 is 14.7 Å². The molecule has 0 unspecified atom stereocenters. The van der Waals surface area contributed by atoms with Gasteiger partial charge in [-0.15, -0.1) is 0 Å². The number of likely N-dealkylation sites (tertiary alicyclic amines) is 2. The molecule has 0 aromatic heterocycles. The fourth-order valence-electron chi connectivity index (χ4n) is 6.76. The SMILES string of the molecule is CS(=O)(=O)N1CCC(C(=O)N(CCCN2CCC(Cc3ccc(C(=O)N4CCCC4)cc3)CC2)c2ccc(Cl)c(Cl)c2)CC1. The van der Waals surface area contributed by atoms with E-state index >= 15 is 0 Å². The highest BCUT2D eigenvalue weighted by Gasteiger charge is 2.32. The van der Waals surface area contributed by atoms with Crippen molar-refractivity contribution in [3.8, 4) is 0 Å². The molecule has 2 amide bonds. The Hall–Kier alpha value is -2.17. The third-order valence-corrected chi connectivity index (χ3v) is 11.5. The van der Waals surface area contributed by atoms with Gasteiger partial charge in [0, 0.05) is 49.9 Å². The number of halogens is 2. The minimum Gasteiger partial charge on any atom is -0.339 e. The Morgan fingerprint density at radius 1 is 0.864 bits per heavy atom. The molecule has 0 radical (unpaired) electrons. The minimum absolute atomic E-state index is 0.0170. The fourth-order valence-corrected chi connectivity index (χ4v) is 7.93. The van der Waals surface area contributed by atoms with Gasteiger partial charge in [0.15, 0.2) is 0 Å². The van der Waals surface area contributed by atoms with Crippen LogP contribution in [0, 0.1) is 11.8 Å². The molecule has 0 atom stereocenters. The summed E-state index contributed by atoms with van der Waals surface area (Å²) in [6.07, 6.45) is 8.55. The molecule has 5 rings (SSSR count). The highest BCUT2D eigenvalue weighted by Crippen LogP contribution is 2.30. The Bertz CT molecular complexity index is 1400. The molecule has 0 saturated carbocycles. The second kappa shape index (κ2) is 14.9. The topological polar surface area (TPSA) is 81.2 Å². The molecule has 3 aliphatic heterocycles. The monoisotopic (exact) mass is 662 g/mol. The van der Waals surface area contributed by atoms with Gasteiger partial charge in [0.05, 0.1) is 16.3 Å². The molecule has 0 bridgehead atoms. The van der Waals surface area contributed by atoms with Gasteiger partial charge in [-0.05, 0) is 113 Å². The van der Waals surface area contributed by atoms with Crippen LogP contribution in [0.4, 0.5) is 5.69 Å². The van der Waals surface area contributed by atoms with Crippen LogP contribution in [0.3, 0.4) is 0 Å². The zero-order valence-corrected chi connectivity index (χ0v) is 27.9. The number of carbonyl (C=O) groups excluding carboxylic acids is 2. The van der Waals surface area contributed by atoms with Gasteiger partial charge in [0.1, 0.15) is 0 Å². The molecular formula is C33H44Cl2N4O4S. The molecule has 0 N–H and O–H groups in total. The summed E-state index contributed by atoms with van der Waals surface area (Å²) in [5.74, 6) is 0.562. The number of hydrogen-bond acceptors (Lipinski definition) is 5. The first-order valence-electron chi connectivity index (χ1n) is 15.9. The maximum Gasteiger partial charge on any atom is 0.253 e. The van der Waals surface area contributed by atoms with Gasteiger partial charge in [-0.1, -0.05) is 35.3 Å². The quantitative estimate of drug-likeness (QED) is 0.332. The Morgan fingerprint density at radius 2 is 1.52 bits per heavy atom. The second-order valence-electron chi connectivity index (χ2n) is 12.6. The summed E-state index contributed by atoms with van der Waals surface area (Å²) in [5.41, 5.74) is 2.81. The number of nitrogens with zero attached hydrogens (tertiary/aromatic N) is 4. The van der Waals surface area contributed by atoms with Crippen molar-refractivity contribution in [1.82, 2.24) is 14.1 Å². The van der Waals surface area contributed by atoms with Gasteiger partial charge in [0.2, 0.25) is 15.9 Å². The van der Waals surface area contributed by atoms with Crippen molar-refractivity contribution >= 4 is 50.7 Å². The normalized spacial score (nSPS) is 19.4. The van der Waals surface area contributed by atoms with Crippen LogP contribution in [-0.4, -0.2) is 93.0 Å². The van der Waals surface area contributed by atoms with Crippen molar-refractivity contribution in [2.75, 3.05) is 63.5 Å². The minimum atomic E-state index is -3.26. The summed E-state index contributed by atoms with van der Waals surface area (Å²) in [7, 11) is -3.26. The second-order valence-corrected chi connectivity index (χ2v) is 15.4. The van der Waals surface area contributed by atoms with Crippen LogP contribution in [0.1, 0.15) is 60.9 Å². The number of benzene rings is 2. The number of carbonyl (C=O) groups is 2. The molecule has 0 spiro atoms. The summed E-state index contributed by atoms with van der Waals surface area (Å²) in [6, 6.07) is 13.5. The van der Waals surface area contributed by atoms with Crippen molar-refractivity contribution in [2.24, 2.45) is 11.8 Å². The van der Waals surface area contributed by atoms with Gasteiger partial charge in [0.25, 0.3) is 5.91 Å². The summed E-state index contributed by atoms with van der Waals surface area (Å²) in [6.45, 7) is 5.98. The lowest BCUT2D eigenvalue weighted by atomic mass is 9.90. The van der Waals surface area contributed by atoms with Crippen LogP contribution in [0.25, 0.3) is 0 Å². The highest BCUT2D eigenvalue weighted by atomic mass is 35.5. The van der Waals surface area contributed by atoms with E-state index in [1.165, 1.54) is 16.1 Å². The van der Waals surface area contributed by atoms with Crippen LogP contribution in [0.2, 0.25) is 10.0 Å². The smallest absolute Gasteiger partial charge is 0.253 e. The van der Waals surface area contributed by atoms with Crippen LogP contribution in [0.15, 0.2) is 42.5 Å². The number of piperidine rings is 2. The maximum absolute atomic E-state index is 13.7. The molecule has 3 aliphatic rings. The predicted molar refractivity (Wildman–Crippen MR) is 177 cm³/mol. The zero-order chi connectivity index (χ0) is 31.3. The molecule has 8 nitrogen and oxygen atoms in total. The van der Waals surface area contributed by atoms with Crippen LogP contribution >= 0.6 is 23.2 Å². The van der Waals surface area contributed by atoms with Crippen LogP contribution in [0.5, 0.6) is 0 Å². The summed E-state index contributed by atoms with van der Waals surface area (Å²) < 4.78 is 25.4. The lowest BCUT2D eigenvalue weighted by Gasteiger charge is -2.35. The largest absolute Gasteiger partial charge is 0.339 e. The van der Waals surface area contributed by atoms with Crippen LogP contribution < -0.4 is 4.90 Å². The van der Waals surface area contributed by atoms with E-state index in [4.69, 9.17) is 23.2 Å². The first kappa shape index (κ1) is 33.2. The van der Waals surface area contributed by atoms with E-state index in [0.717, 1.165) is 82.5 Å². The van der Waals surface area contributed by atoms with E-state index in [1.807, 2.05) is 28.0 Å². The van der Waals surface area contributed by atoms with Gasteiger partial charge >= 0.3 is 0 Å². The Kier molecular flexibility index (Phi) is 11.3. The van der Waals surface area contributed by atoms with E-state index in [2.05, 4.69) is 17.0 Å². The van der Waals surface area contributed by atoms with Crippen molar-refractivity contribution in [1.29, 1.82) is 0 Å². The average molecular weight is 664 g/mol. The van der Waals surface area contributed by atoms with E-state index in [0.29, 0.717) is 48.4 Å². The summed E-state index contributed by atoms with van der Waals surface area (Å²) in [4.78, 5) is 32.6. The Labute approximate surface area is 272 Å². The molecule has 44 heavy (non-hydrogen) atoms. The summed E-state index contributed by atoms with van der Waals surface area (Å²) >= 11 is 12.5. The molecule has 3 heterocycles. The van der Waals surface area contributed by atoms with Crippen molar-refractivity contribution < 1.29 is 18.0 Å². The Morgan fingerprint density at radius 3 is 2.14 bits per heavy atom. The third kappa shape index (κ3) is 8.55. The standard InChI is InChI=1S/C33H44Cl2N4O4S/c1-44(42,43)38-21-13-28(14-22-38)33(41)39(29-9-10-30(34)31(35)24-29)18-4-15-36-19-11-26(12-20-36)23-25-5-7-27(8-6-25)32(40)37-16-2-3-17-37/h5-10,24,26,28H,2-4,11-23H2,1H3. The predicted octanol–water partition coefficient (Wildman–Crippen LogP) is 5.58. The number of hydrogen-bond donors (Lipinski definition) is 0. The van der Waals surface area contributed by atoms with Gasteiger partial charge in [-0.3, -0.25) is 9.59 Å². The molecule has 11 heteroatoms. The Balaban J connectivity index is 1.11. The number of rotatable bonds is 10. The first-order valence-corrected chi connectivity index (χ1v) is 18.5. The van der Waals surface area contributed by atoms with Crippen molar-refractivity contribution in [3.63, 3.8) is 0 Å². The molecular weight excluding hydrogens is 619 g/mol. The fraction of sp³-hybridized carbons (Fsp3) is 0.576. The van der Waals surface area contributed by atoms with Crippen molar-refractivity contribution in [3.05, 3.63) is 63.6 Å².